The average molecular weight is 98.2 g/mol. The van der Waals surface area contributed by atoms with Crippen LogP contribution >= 0.6 is 0 Å². The minimum atomic E-state index is 0.956. The SMILES string of the molecule is [CH2]CCC1CNC1. The molecule has 1 fully saturated rings. The summed E-state index contributed by atoms with van der Waals surface area (Å²) in [6.45, 7) is 6.24. The van der Waals surface area contributed by atoms with Crippen LogP contribution in [0.5, 0.6) is 0 Å². The van der Waals surface area contributed by atoms with Gasteiger partial charge in [-0.2, -0.15) is 0 Å². The van der Waals surface area contributed by atoms with Gasteiger partial charge in [-0.3, -0.25) is 0 Å². The summed E-state index contributed by atoms with van der Waals surface area (Å²) in [7, 11) is 0. The Morgan fingerprint density at radius 1 is 1.57 bits per heavy atom. The zero-order chi connectivity index (χ0) is 5.11. The highest BCUT2D eigenvalue weighted by molar-refractivity contribution is 4.74. The Balaban J connectivity index is 1.93. The van der Waals surface area contributed by atoms with Gasteiger partial charge in [-0.05, 0) is 25.4 Å². The molecule has 0 bridgehead atoms. The lowest BCUT2D eigenvalue weighted by Crippen LogP contribution is -2.41. The molecule has 0 aromatic rings. The predicted octanol–water partition coefficient (Wildman–Crippen LogP) is 0.820. The molecule has 1 heteroatoms. The molecule has 0 aromatic heterocycles. The smallest absolute Gasteiger partial charge is 0.000826 e. The largest absolute Gasteiger partial charge is 0.316 e. The number of hydrogen-bond acceptors (Lipinski definition) is 1. The van der Waals surface area contributed by atoms with Crippen molar-refractivity contribution in [1.29, 1.82) is 0 Å². The maximum absolute atomic E-state index is 3.78. The van der Waals surface area contributed by atoms with Gasteiger partial charge in [-0.25, -0.2) is 0 Å². The Bertz CT molecular complexity index is 48.1. The van der Waals surface area contributed by atoms with Gasteiger partial charge < -0.3 is 5.32 Å². The Morgan fingerprint density at radius 3 is 2.43 bits per heavy atom. The quantitative estimate of drug-likeness (QED) is 0.539. The van der Waals surface area contributed by atoms with Crippen LogP contribution in [0.15, 0.2) is 0 Å². The highest BCUT2D eigenvalue weighted by atomic mass is 14.9. The molecule has 0 aliphatic carbocycles. The van der Waals surface area contributed by atoms with Crippen molar-refractivity contribution < 1.29 is 0 Å². The lowest BCUT2D eigenvalue weighted by molar-refractivity contribution is 0.329. The molecule has 0 saturated carbocycles. The normalized spacial score (nSPS) is 21.9. The van der Waals surface area contributed by atoms with E-state index in [4.69, 9.17) is 0 Å². The molecular weight excluding hydrogens is 86.1 g/mol. The third-order valence-electron chi connectivity index (χ3n) is 1.48. The van der Waals surface area contributed by atoms with Crippen LogP contribution in [0.4, 0.5) is 0 Å². The summed E-state index contributed by atoms with van der Waals surface area (Å²) in [6.07, 6.45) is 2.42. The van der Waals surface area contributed by atoms with Crippen LogP contribution in [0.3, 0.4) is 0 Å². The summed E-state index contributed by atoms with van der Waals surface area (Å²) in [5, 5.41) is 3.22. The molecule has 1 saturated heterocycles. The second kappa shape index (κ2) is 2.31. The summed E-state index contributed by atoms with van der Waals surface area (Å²) in [5.74, 6) is 0.956. The maximum atomic E-state index is 3.78. The van der Waals surface area contributed by atoms with Crippen LogP contribution in [-0.2, 0) is 0 Å². The van der Waals surface area contributed by atoms with E-state index in [9.17, 15) is 0 Å². The Kier molecular flexibility index (Phi) is 1.69. The minimum absolute atomic E-state index is 0.956. The van der Waals surface area contributed by atoms with E-state index in [1.165, 1.54) is 19.5 Å². The van der Waals surface area contributed by atoms with Crippen LogP contribution in [0.1, 0.15) is 12.8 Å². The van der Waals surface area contributed by atoms with E-state index < -0.39 is 0 Å². The van der Waals surface area contributed by atoms with Crippen molar-refractivity contribution in [1.82, 2.24) is 5.32 Å². The molecule has 0 spiro atoms. The van der Waals surface area contributed by atoms with Gasteiger partial charge in [-0.1, -0.05) is 13.3 Å². The van der Waals surface area contributed by atoms with Crippen molar-refractivity contribution >= 4 is 0 Å². The average Bonchev–Trinajstić information content (AvgIpc) is 1.55. The molecule has 7 heavy (non-hydrogen) atoms. The number of nitrogens with one attached hydrogen (secondary N) is 1. The van der Waals surface area contributed by atoms with Gasteiger partial charge >= 0.3 is 0 Å². The van der Waals surface area contributed by atoms with Gasteiger partial charge in [0, 0.05) is 0 Å². The van der Waals surface area contributed by atoms with E-state index in [-0.39, 0.29) is 0 Å². The standard InChI is InChI=1S/C6H12N/c1-2-3-6-4-7-5-6/h6-7H,1-5H2. The van der Waals surface area contributed by atoms with Crippen molar-refractivity contribution in [2.24, 2.45) is 5.92 Å². The number of hydrogen-bond donors (Lipinski definition) is 1. The van der Waals surface area contributed by atoms with E-state index in [1.807, 2.05) is 0 Å². The molecular formula is C6H12N. The molecule has 0 aromatic carbocycles. The number of rotatable bonds is 2. The zero-order valence-corrected chi connectivity index (χ0v) is 4.61. The highest BCUT2D eigenvalue weighted by Crippen LogP contribution is 2.08. The van der Waals surface area contributed by atoms with Crippen LogP contribution in [0.2, 0.25) is 0 Å². The summed E-state index contributed by atoms with van der Waals surface area (Å²) in [5.41, 5.74) is 0. The topological polar surface area (TPSA) is 12.0 Å². The van der Waals surface area contributed by atoms with Crippen LogP contribution in [0, 0.1) is 12.8 Å². The third kappa shape index (κ3) is 1.16. The van der Waals surface area contributed by atoms with Crippen LogP contribution in [0.25, 0.3) is 0 Å². The van der Waals surface area contributed by atoms with Crippen LogP contribution in [-0.4, -0.2) is 13.1 Å². The van der Waals surface area contributed by atoms with Crippen molar-refractivity contribution in [2.75, 3.05) is 13.1 Å². The summed E-state index contributed by atoms with van der Waals surface area (Å²) < 4.78 is 0. The predicted molar refractivity (Wildman–Crippen MR) is 31.0 cm³/mol. The molecule has 1 aliphatic heterocycles. The molecule has 1 nitrogen and oxygen atoms in total. The Hall–Kier alpha value is -0.0400. The van der Waals surface area contributed by atoms with Gasteiger partial charge in [0.25, 0.3) is 0 Å². The fourth-order valence-corrected chi connectivity index (χ4v) is 0.841. The first-order chi connectivity index (χ1) is 3.43. The molecule has 0 unspecified atom stereocenters. The molecule has 0 amide bonds. The summed E-state index contributed by atoms with van der Waals surface area (Å²) >= 11 is 0. The molecule has 1 aliphatic rings. The molecule has 41 valence electrons. The molecule has 1 radical (unpaired) electrons. The van der Waals surface area contributed by atoms with Crippen LogP contribution < -0.4 is 5.32 Å². The van der Waals surface area contributed by atoms with Crippen molar-refractivity contribution in [3.63, 3.8) is 0 Å². The van der Waals surface area contributed by atoms with Gasteiger partial charge in [0.2, 0.25) is 0 Å². The monoisotopic (exact) mass is 98.1 g/mol. The zero-order valence-electron chi connectivity index (χ0n) is 4.61. The van der Waals surface area contributed by atoms with E-state index in [2.05, 4.69) is 12.2 Å². The molecule has 1 heterocycles. The first kappa shape index (κ1) is 5.10. The van der Waals surface area contributed by atoms with E-state index in [0.717, 1.165) is 12.3 Å². The Labute approximate surface area is 45.1 Å². The van der Waals surface area contributed by atoms with Crippen molar-refractivity contribution in [3.8, 4) is 0 Å². The van der Waals surface area contributed by atoms with Crippen molar-refractivity contribution in [3.05, 3.63) is 6.92 Å². The van der Waals surface area contributed by atoms with Crippen molar-refractivity contribution in [2.45, 2.75) is 12.8 Å². The maximum Gasteiger partial charge on any atom is -0.000826 e. The summed E-state index contributed by atoms with van der Waals surface area (Å²) in [6, 6.07) is 0. The van der Waals surface area contributed by atoms with E-state index in [1.54, 1.807) is 0 Å². The molecule has 1 N–H and O–H groups in total. The van der Waals surface area contributed by atoms with Gasteiger partial charge in [0.1, 0.15) is 0 Å². The second-order valence-electron chi connectivity index (χ2n) is 2.17. The first-order valence-electron chi connectivity index (χ1n) is 2.93. The Morgan fingerprint density at radius 2 is 2.29 bits per heavy atom. The second-order valence-corrected chi connectivity index (χ2v) is 2.17. The van der Waals surface area contributed by atoms with Gasteiger partial charge in [0.15, 0.2) is 0 Å². The lowest BCUT2D eigenvalue weighted by Gasteiger charge is -2.26. The van der Waals surface area contributed by atoms with E-state index >= 15 is 0 Å². The fourth-order valence-electron chi connectivity index (χ4n) is 0.841. The minimum Gasteiger partial charge on any atom is -0.316 e. The fraction of sp³-hybridized carbons (Fsp3) is 0.833. The van der Waals surface area contributed by atoms with Gasteiger partial charge in [0.05, 0.1) is 0 Å². The third-order valence-corrected chi connectivity index (χ3v) is 1.48. The van der Waals surface area contributed by atoms with Gasteiger partial charge in [-0.15, -0.1) is 0 Å². The first-order valence-corrected chi connectivity index (χ1v) is 2.93. The lowest BCUT2D eigenvalue weighted by atomic mass is 9.98. The molecule has 1 rings (SSSR count). The molecule has 0 atom stereocenters. The summed E-state index contributed by atoms with van der Waals surface area (Å²) in [4.78, 5) is 0. The highest BCUT2D eigenvalue weighted by Gasteiger charge is 2.13. The van der Waals surface area contributed by atoms with E-state index in [0.29, 0.717) is 0 Å².